The smallest absolute Gasteiger partial charge is 0.152 e. The molecule has 0 heterocycles. The minimum Gasteiger partial charge on any atom is -0.381 e. The first-order chi connectivity index (χ1) is 7.57. The molecule has 88 valence electrons. The summed E-state index contributed by atoms with van der Waals surface area (Å²) >= 11 is 0. The van der Waals surface area contributed by atoms with Gasteiger partial charge in [0.25, 0.3) is 0 Å². The van der Waals surface area contributed by atoms with E-state index < -0.39 is 9.84 Å². The number of benzene rings is 1. The van der Waals surface area contributed by atoms with E-state index in [1.807, 2.05) is 30.3 Å². The molecular formula is C12H17NO2S. The number of anilines is 1. The van der Waals surface area contributed by atoms with Gasteiger partial charge in [-0.05, 0) is 31.4 Å². The van der Waals surface area contributed by atoms with Crippen molar-refractivity contribution in [1.29, 1.82) is 0 Å². The van der Waals surface area contributed by atoms with Gasteiger partial charge in [-0.2, -0.15) is 0 Å². The van der Waals surface area contributed by atoms with Gasteiger partial charge in [0.1, 0.15) is 0 Å². The van der Waals surface area contributed by atoms with Gasteiger partial charge in [0.2, 0.25) is 0 Å². The zero-order valence-electron chi connectivity index (χ0n) is 9.39. The summed E-state index contributed by atoms with van der Waals surface area (Å²) in [4.78, 5) is 0. The quantitative estimate of drug-likeness (QED) is 0.878. The molecule has 1 saturated carbocycles. The fourth-order valence-corrected chi connectivity index (χ4v) is 3.75. The number of rotatable bonds is 3. The lowest BCUT2D eigenvalue weighted by molar-refractivity contribution is 0.579. The van der Waals surface area contributed by atoms with E-state index in [1.54, 1.807) is 0 Å². The van der Waals surface area contributed by atoms with E-state index in [2.05, 4.69) is 5.32 Å². The Bertz CT molecular complexity index is 441. The highest BCUT2D eigenvalue weighted by Crippen LogP contribution is 2.27. The predicted octanol–water partition coefficient (Wildman–Crippen LogP) is 2.06. The van der Waals surface area contributed by atoms with Crippen LogP contribution in [0.4, 0.5) is 5.69 Å². The van der Waals surface area contributed by atoms with Crippen LogP contribution in [-0.4, -0.2) is 26.0 Å². The molecule has 1 fully saturated rings. The van der Waals surface area contributed by atoms with Gasteiger partial charge in [0, 0.05) is 18.0 Å². The van der Waals surface area contributed by atoms with Crippen molar-refractivity contribution in [3.05, 3.63) is 30.3 Å². The van der Waals surface area contributed by atoms with Gasteiger partial charge in [-0.3, -0.25) is 0 Å². The van der Waals surface area contributed by atoms with E-state index in [0.717, 1.165) is 24.9 Å². The van der Waals surface area contributed by atoms with Gasteiger partial charge >= 0.3 is 0 Å². The van der Waals surface area contributed by atoms with Crippen molar-refractivity contribution in [3.8, 4) is 0 Å². The maximum absolute atomic E-state index is 11.6. The highest BCUT2D eigenvalue weighted by molar-refractivity contribution is 7.91. The summed E-state index contributed by atoms with van der Waals surface area (Å²) in [7, 11) is -2.93. The Morgan fingerprint density at radius 2 is 1.88 bits per heavy atom. The van der Waals surface area contributed by atoms with Crippen molar-refractivity contribution >= 4 is 15.5 Å². The molecule has 1 aliphatic rings. The first kappa shape index (κ1) is 11.5. The summed E-state index contributed by atoms with van der Waals surface area (Å²) in [5.41, 5.74) is 1.00. The molecule has 0 aliphatic heterocycles. The van der Waals surface area contributed by atoms with Crippen molar-refractivity contribution in [3.63, 3.8) is 0 Å². The molecule has 0 radical (unpaired) electrons. The lowest BCUT2D eigenvalue weighted by Gasteiger charge is -2.20. The van der Waals surface area contributed by atoms with Crippen LogP contribution in [0.3, 0.4) is 0 Å². The minimum absolute atomic E-state index is 0.0670. The molecule has 0 saturated heterocycles. The van der Waals surface area contributed by atoms with Gasteiger partial charge in [-0.1, -0.05) is 18.2 Å². The monoisotopic (exact) mass is 239 g/mol. The molecule has 2 unspecified atom stereocenters. The van der Waals surface area contributed by atoms with Crippen LogP contribution in [0, 0.1) is 0 Å². The van der Waals surface area contributed by atoms with Crippen LogP contribution in [0.15, 0.2) is 30.3 Å². The summed E-state index contributed by atoms with van der Waals surface area (Å²) in [5.74, 6) is 0. The first-order valence-electron chi connectivity index (χ1n) is 5.58. The van der Waals surface area contributed by atoms with E-state index in [9.17, 15) is 8.42 Å². The Morgan fingerprint density at radius 3 is 2.50 bits per heavy atom. The number of para-hydroxylation sites is 1. The number of hydrogen-bond acceptors (Lipinski definition) is 3. The average Bonchev–Trinajstić information content (AvgIpc) is 2.67. The molecule has 4 heteroatoms. The van der Waals surface area contributed by atoms with Crippen LogP contribution < -0.4 is 5.32 Å². The third-order valence-corrected chi connectivity index (χ3v) is 4.79. The van der Waals surface area contributed by atoms with Gasteiger partial charge in [-0.15, -0.1) is 0 Å². The number of sulfone groups is 1. The van der Waals surface area contributed by atoms with Gasteiger partial charge in [0.15, 0.2) is 9.84 Å². The number of hydrogen-bond donors (Lipinski definition) is 1. The maximum Gasteiger partial charge on any atom is 0.152 e. The Hall–Kier alpha value is -1.03. The normalized spacial score (nSPS) is 25.6. The Balaban J connectivity index is 2.11. The molecular weight excluding hydrogens is 222 g/mol. The molecule has 0 aromatic heterocycles. The average molecular weight is 239 g/mol. The molecule has 1 aliphatic carbocycles. The van der Waals surface area contributed by atoms with Crippen molar-refractivity contribution in [2.75, 3.05) is 11.6 Å². The van der Waals surface area contributed by atoms with E-state index >= 15 is 0 Å². The molecule has 1 N–H and O–H groups in total. The summed E-state index contributed by atoms with van der Waals surface area (Å²) in [5, 5.41) is 3.09. The summed E-state index contributed by atoms with van der Waals surface area (Å²) < 4.78 is 23.2. The Labute approximate surface area is 96.8 Å². The lowest BCUT2D eigenvalue weighted by Crippen LogP contribution is -2.34. The molecule has 0 amide bonds. The predicted molar refractivity (Wildman–Crippen MR) is 66.3 cm³/mol. The van der Waals surface area contributed by atoms with E-state index in [1.165, 1.54) is 6.26 Å². The van der Waals surface area contributed by atoms with Crippen LogP contribution in [0.5, 0.6) is 0 Å². The summed E-state index contributed by atoms with van der Waals surface area (Å²) in [6, 6.07) is 9.86. The third kappa shape index (κ3) is 2.55. The maximum atomic E-state index is 11.6. The van der Waals surface area contributed by atoms with E-state index in [-0.39, 0.29) is 11.3 Å². The highest BCUT2D eigenvalue weighted by Gasteiger charge is 2.34. The SMILES string of the molecule is CS(=O)(=O)C1CCCC1Nc1ccccc1. The lowest BCUT2D eigenvalue weighted by atomic mass is 10.2. The second kappa shape index (κ2) is 4.45. The minimum atomic E-state index is -2.93. The van der Waals surface area contributed by atoms with Crippen molar-refractivity contribution in [2.45, 2.75) is 30.6 Å². The summed E-state index contributed by atoms with van der Waals surface area (Å²) in [6.07, 6.45) is 4.04. The zero-order valence-corrected chi connectivity index (χ0v) is 10.2. The second-order valence-corrected chi connectivity index (χ2v) is 6.68. The van der Waals surface area contributed by atoms with Crippen molar-refractivity contribution < 1.29 is 8.42 Å². The first-order valence-corrected chi connectivity index (χ1v) is 7.53. The van der Waals surface area contributed by atoms with Gasteiger partial charge < -0.3 is 5.32 Å². The van der Waals surface area contributed by atoms with Gasteiger partial charge in [0.05, 0.1) is 5.25 Å². The van der Waals surface area contributed by atoms with Crippen LogP contribution >= 0.6 is 0 Å². The molecule has 3 nitrogen and oxygen atoms in total. The van der Waals surface area contributed by atoms with Gasteiger partial charge in [-0.25, -0.2) is 8.42 Å². The highest BCUT2D eigenvalue weighted by atomic mass is 32.2. The van der Waals surface area contributed by atoms with E-state index in [0.29, 0.717) is 0 Å². The Kier molecular flexibility index (Phi) is 3.19. The molecule has 0 spiro atoms. The zero-order chi connectivity index (χ0) is 11.6. The molecule has 1 aromatic rings. The third-order valence-electron chi connectivity index (χ3n) is 3.13. The van der Waals surface area contributed by atoms with Crippen LogP contribution in [0.25, 0.3) is 0 Å². The molecule has 0 bridgehead atoms. The van der Waals surface area contributed by atoms with Crippen LogP contribution in [0.1, 0.15) is 19.3 Å². The Morgan fingerprint density at radius 1 is 1.19 bits per heavy atom. The fourth-order valence-electron chi connectivity index (χ4n) is 2.35. The van der Waals surface area contributed by atoms with Crippen molar-refractivity contribution in [1.82, 2.24) is 0 Å². The second-order valence-electron chi connectivity index (χ2n) is 4.42. The summed E-state index contributed by atoms with van der Waals surface area (Å²) in [6.45, 7) is 0. The van der Waals surface area contributed by atoms with Crippen LogP contribution in [0.2, 0.25) is 0 Å². The molecule has 2 rings (SSSR count). The molecule has 1 aromatic carbocycles. The topological polar surface area (TPSA) is 46.2 Å². The fraction of sp³-hybridized carbons (Fsp3) is 0.500. The van der Waals surface area contributed by atoms with Crippen LogP contribution in [-0.2, 0) is 9.84 Å². The number of nitrogens with one attached hydrogen (secondary N) is 1. The molecule has 2 atom stereocenters. The van der Waals surface area contributed by atoms with E-state index in [4.69, 9.17) is 0 Å². The standard InChI is InChI=1S/C12H17NO2S/c1-16(14,15)12-9-5-8-11(12)13-10-6-3-2-4-7-10/h2-4,6-7,11-13H,5,8-9H2,1H3. The van der Waals surface area contributed by atoms with Crippen molar-refractivity contribution in [2.24, 2.45) is 0 Å². The molecule has 16 heavy (non-hydrogen) atoms. The largest absolute Gasteiger partial charge is 0.381 e.